The Bertz CT molecular complexity index is 531. The van der Waals surface area contributed by atoms with Crippen molar-refractivity contribution in [2.75, 3.05) is 60.6 Å². The Balaban J connectivity index is 0.00000676. The molecule has 8 heteroatoms. The Morgan fingerprint density at radius 2 is 2.04 bits per heavy atom. The van der Waals surface area contributed by atoms with Gasteiger partial charge in [0.15, 0.2) is 5.96 Å². The van der Waals surface area contributed by atoms with Gasteiger partial charge in [-0.25, -0.2) is 0 Å². The lowest BCUT2D eigenvalue weighted by molar-refractivity contribution is 0.180. The number of nitrogens with one attached hydrogen (secondary N) is 2. The normalized spacial score (nSPS) is 12.4. The first kappa shape index (κ1) is 25.9. The smallest absolute Gasteiger partial charge is 0.191 e. The van der Waals surface area contributed by atoms with Crippen LogP contribution in [0.25, 0.3) is 0 Å². The predicted molar refractivity (Wildman–Crippen MR) is 121 cm³/mol. The fourth-order valence-electron chi connectivity index (χ4n) is 2.43. The molecule has 7 nitrogen and oxygen atoms in total. The third-order valence-electron chi connectivity index (χ3n) is 3.92. The Hall–Kier alpha value is -1.10. The molecule has 0 fully saturated rings. The first-order valence-corrected chi connectivity index (χ1v) is 9.12. The lowest BCUT2D eigenvalue weighted by atomic mass is 10.1. The topological polar surface area (TPSA) is 78.4 Å². The van der Waals surface area contributed by atoms with Crippen LogP contribution in [0.2, 0.25) is 0 Å². The molecule has 0 aliphatic heterocycles. The van der Waals surface area contributed by atoms with E-state index in [0.29, 0.717) is 5.96 Å². The Morgan fingerprint density at radius 3 is 2.70 bits per heavy atom. The summed E-state index contributed by atoms with van der Waals surface area (Å²) in [5.74, 6) is 1.44. The molecular weight excluding hydrogens is 459 g/mol. The van der Waals surface area contributed by atoms with Crippen LogP contribution < -0.4 is 15.4 Å². The molecule has 1 rings (SSSR count). The number of aliphatic hydroxyl groups is 1. The molecule has 0 bridgehead atoms. The molecule has 0 heterocycles. The molecule has 0 amide bonds. The van der Waals surface area contributed by atoms with E-state index in [1.807, 2.05) is 31.2 Å². The number of likely N-dealkylation sites (N-methyl/N-ethyl adjacent to an activating group) is 1. The second-order valence-electron chi connectivity index (χ2n) is 6.09. The van der Waals surface area contributed by atoms with Gasteiger partial charge in [0.25, 0.3) is 0 Å². The summed E-state index contributed by atoms with van der Waals surface area (Å²) in [6, 6.07) is 7.42. The molecule has 0 aliphatic carbocycles. The maximum absolute atomic E-state index is 10.4. The molecule has 156 valence electrons. The minimum atomic E-state index is -0.669. The molecule has 0 radical (unpaired) electrons. The minimum Gasteiger partial charge on any atom is -0.497 e. The summed E-state index contributed by atoms with van der Waals surface area (Å²) in [6.07, 6.45) is 0.353. The van der Waals surface area contributed by atoms with Gasteiger partial charge in [0.1, 0.15) is 5.75 Å². The highest BCUT2D eigenvalue weighted by molar-refractivity contribution is 14.0. The van der Waals surface area contributed by atoms with E-state index in [1.54, 1.807) is 14.2 Å². The number of hydrogen-bond acceptors (Lipinski definition) is 5. The summed E-state index contributed by atoms with van der Waals surface area (Å²) in [6.45, 7) is 6.54. The molecule has 1 aromatic rings. The second-order valence-corrected chi connectivity index (χ2v) is 6.09. The van der Waals surface area contributed by atoms with Crippen LogP contribution in [0.1, 0.15) is 25.0 Å². The first-order chi connectivity index (χ1) is 12.6. The Labute approximate surface area is 180 Å². The summed E-state index contributed by atoms with van der Waals surface area (Å²) in [4.78, 5) is 6.73. The molecule has 0 saturated carbocycles. The van der Waals surface area contributed by atoms with Crippen molar-refractivity contribution in [2.24, 2.45) is 4.99 Å². The molecule has 0 saturated heterocycles. The van der Waals surface area contributed by atoms with Gasteiger partial charge in [-0.15, -0.1) is 24.0 Å². The van der Waals surface area contributed by atoms with Crippen molar-refractivity contribution >= 4 is 29.9 Å². The van der Waals surface area contributed by atoms with E-state index < -0.39 is 6.10 Å². The van der Waals surface area contributed by atoms with E-state index >= 15 is 0 Å². The van der Waals surface area contributed by atoms with Gasteiger partial charge in [0, 0.05) is 39.9 Å². The molecular formula is C19H35IN4O3. The monoisotopic (exact) mass is 494 g/mol. The highest BCUT2D eigenvalue weighted by Crippen LogP contribution is 2.19. The zero-order valence-corrected chi connectivity index (χ0v) is 19.2. The molecule has 0 spiro atoms. The van der Waals surface area contributed by atoms with Gasteiger partial charge in [-0.1, -0.05) is 12.1 Å². The SMILES string of the molecule is CCNC(=NCC(O)c1cccc(OC)c1)NCCN(C)CCCOC.I. The van der Waals surface area contributed by atoms with E-state index in [-0.39, 0.29) is 30.5 Å². The third-order valence-corrected chi connectivity index (χ3v) is 3.92. The molecule has 1 unspecified atom stereocenters. The number of ether oxygens (including phenoxy) is 2. The fourth-order valence-corrected chi connectivity index (χ4v) is 2.43. The van der Waals surface area contributed by atoms with Gasteiger partial charge in [-0.3, -0.25) is 4.99 Å². The zero-order chi connectivity index (χ0) is 19.2. The standard InChI is InChI=1S/C19H34N4O3.HI/c1-5-20-19(21-10-12-23(2)11-7-13-25-3)22-15-18(24)16-8-6-9-17(14-16)26-4;/h6,8-9,14,18,24H,5,7,10-13,15H2,1-4H3,(H2,20,21,22);1H. The largest absolute Gasteiger partial charge is 0.497 e. The van der Waals surface area contributed by atoms with Gasteiger partial charge in [0.2, 0.25) is 0 Å². The summed E-state index contributed by atoms with van der Waals surface area (Å²) in [5, 5.41) is 16.9. The highest BCUT2D eigenvalue weighted by atomic mass is 127. The van der Waals surface area contributed by atoms with Crippen LogP contribution in [0.15, 0.2) is 29.3 Å². The molecule has 0 aromatic heterocycles. The summed E-state index contributed by atoms with van der Waals surface area (Å²) < 4.78 is 10.3. The van der Waals surface area contributed by atoms with Crippen LogP contribution in [0.5, 0.6) is 5.75 Å². The van der Waals surface area contributed by atoms with E-state index in [2.05, 4.69) is 27.6 Å². The number of hydrogen-bond donors (Lipinski definition) is 3. The molecule has 0 aliphatic rings. The second kappa shape index (κ2) is 15.9. The first-order valence-electron chi connectivity index (χ1n) is 9.12. The van der Waals surface area contributed by atoms with Gasteiger partial charge in [0.05, 0.1) is 19.8 Å². The third kappa shape index (κ3) is 11.4. The van der Waals surface area contributed by atoms with Crippen LogP contribution in [-0.4, -0.2) is 76.6 Å². The summed E-state index contributed by atoms with van der Waals surface area (Å²) in [5.41, 5.74) is 0.793. The van der Waals surface area contributed by atoms with Crippen molar-refractivity contribution in [2.45, 2.75) is 19.4 Å². The van der Waals surface area contributed by atoms with Crippen molar-refractivity contribution in [1.29, 1.82) is 0 Å². The number of benzene rings is 1. The number of aliphatic imine (C=N–C) groups is 1. The number of guanidine groups is 1. The average molecular weight is 494 g/mol. The van der Waals surface area contributed by atoms with Crippen LogP contribution in [-0.2, 0) is 4.74 Å². The number of halogens is 1. The van der Waals surface area contributed by atoms with Crippen molar-refractivity contribution in [1.82, 2.24) is 15.5 Å². The van der Waals surface area contributed by atoms with Crippen molar-refractivity contribution in [3.8, 4) is 5.75 Å². The minimum absolute atomic E-state index is 0. The maximum Gasteiger partial charge on any atom is 0.191 e. The van der Waals surface area contributed by atoms with Gasteiger partial charge in [-0.05, 0) is 38.1 Å². The summed E-state index contributed by atoms with van der Waals surface area (Å²) >= 11 is 0. The number of methoxy groups -OCH3 is 2. The number of rotatable bonds is 12. The molecule has 27 heavy (non-hydrogen) atoms. The predicted octanol–water partition coefficient (Wildman–Crippen LogP) is 1.87. The Kier molecular flexibility index (Phi) is 15.3. The van der Waals surface area contributed by atoms with Crippen LogP contribution in [0, 0.1) is 0 Å². The van der Waals surface area contributed by atoms with Gasteiger partial charge < -0.3 is 30.1 Å². The van der Waals surface area contributed by atoms with E-state index in [0.717, 1.165) is 50.5 Å². The average Bonchev–Trinajstić information content (AvgIpc) is 2.66. The summed E-state index contributed by atoms with van der Waals surface area (Å²) in [7, 11) is 5.43. The van der Waals surface area contributed by atoms with E-state index in [9.17, 15) is 5.11 Å². The van der Waals surface area contributed by atoms with Crippen LogP contribution in [0.3, 0.4) is 0 Å². The van der Waals surface area contributed by atoms with Crippen molar-refractivity contribution in [3.63, 3.8) is 0 Å². The fraction of sp³-hybridized carbons (Fsp3) is 0.632. The lowest BCUT2D eigenvalue weighted by Crippen LogP contribution is -2.41. The quantitative estimate of drug-likeness (QED) is 0.178. The number of aliphatic hydroxyl groups excluding tert-OH is 1. The number of nitrogens with zero attached hydrogens (tertiary/aromatic N) is 2. The lowest BCUT2D eigenvalue weighted by Gasteiger charge is -2.18. The Morgan fingerprint density at radius 1 is 1.26 bits per heavy atom. The molecule has 3 N–H and O–H groups in total. The highest BCUT2D eigenvalue weighted by Gasteiger charge is 2.08. The van der Waals surface area contributed by atoms with Crippen LogP contribution >= 0.6 is 24.0 Å². The van der Waals surface area contributed by atoms with Crippen molar-refractivity contribution < 1.29 is 14.6 Å². The molecule has 1 aromatic carbocycles. The van der Waals surface area contributed by atoms with Gasteiger partial charge >= 0.3 is 0 Å². The zero-order valence-electron chi connectivity index (χ0n) is 16.9. The van der Waals surface area contributed by atoms with E-state index in [1.165, 1.54) is 0 Å². The van der Waals surface area contributed by atoms with Crippen molar-refractivity contribution in [3.05, 3.63) is 29.8 Å². The van der Waals surface area contributed by atoms with E-state index in [4.69, 9.17) is 9.47 Å². The molecule has 1 atom stereocenters. The maximum atomic E-state index is 10.4. The van der Waals surface area contributed by atoms with Crippen LogP contribution in [0.4, 0.5) is 0 Å². The van der Waals surface area contributed by atoms with Gasteiger partial charge in [-0.2, -0.15) is 0 Å².